The molecule has 85 heavy (non-hydrogen) atoms. The van der Waals surface area contributed by atoms with Gasteiger partial charge in [0.25, 0.3) is 0 Å². The lowest BCUT2D eigenvalue weighted by Crippen LogP contribution is -2.28. The highest BCUT2D eigenvalue weighted by molar-refractivity contribution is 5.70. The van der Waals surface area contributed by atoms with Crippen molar-refractivity contribution in [2.45, 2.75) is 424 Å². The van der Waals surface area contributed by atoms with Gasteiger partial charge in [-0.15, -0.1) is 0 Å². The summed E-state index contributed by atoms with van der Waals surface area (Å²) in [6.07, 6.45) is 104. The van der Waals surface area contributed by atoms with Crippen molar-refractivity contribution in [3.05, 3.63) is 60.8 Å². The van der Waals surface area contributed by atoms with E-state index in [1.165, 1.54) is 327 Å². The van der Waals surface area contributed by atoms with Crippen LogP contribution in [0.15, 0.2) is 60.8 Å². The predicted octanol–water partition coefficient (Wildman–Crippen LogP) is 26.8. The molecule has 0 rings (SSSR count). The van der Waals surface area contributed by atoms with Crippen molar-refractivity contribution in [1.82, 2.24) is 0 Å². The molecule has 0 aromatic carbocycles. The van der Waals surface area contributed by atoms with Crippen LogP contribution in [-0.2, 0) is 19.1 Å². The quantitative estimate of drug-likeness (QED) is 0.0373. The molecule has 1 atom stereocenters. The number of carbonyl (C=O) groups excluding carboxylic acids is 2. The number of hydrogen-bond acceptors (Lipinski definition) is 5. The van der Waals surface area contributed by atoms with E-state index in [0.29, 0.717) is 12.8 Å². The lowest BCUT2D eigenvalue weighted by Gasteiger charge is -2.15. The van der Waals surface area contributed by atoms with Crippen LogP contribution in [0, 0.1) is 0 Å². The first-order valence-electron chi connectivity index (χ1n) is 38.3. The van der Waals surface area contributed by atoms with Crippen molar-refractivity contribution >= 4 is 11.9 Å². The van der Waals surface area contributed by atoms with Crippen molar-refractivity contribution in [2.24, 2.45) is 0 Å². The van der Waals surface area contributed by atoms with Crippen molar-refractivity contribution in [3.8, 4) is 0 Å². The zero-order valence-electron chi connectivity index (χ0n) is 57.4. The molecular weight excluding hydrogens is 1040 g/mol. The van der Waals surface area contributed by atoms with Crippen molar-refractivity contribution in [3.63, 3.8) is 0 Å². The Morgan fingerprint density at radius 3 is 0.765 bits per heavy atom. The molecule has 0 amide bonds. The smallest absolute Gasteiger partial charge is 0.306 e. The number of carbonyl (C=O) groups is 2. The summed E-state index contributed by atoms with van der Waals surface area (Å²) < 4.78 is 10.8. The minimum absolute atomic E-state index is 0.0595. The van der Waals surface area contributed by atoms with Gasteiger partial charge in [0.05, 0.1) is 6.61 Å². The Hall–Kier alpha value is -2.40. The summed E-state index contributed by atoms with van der Waals surface area (Å²) in [6.45, 7) is 4.09. The van der Waals surface area contributed by atoms with Gasteiger partial charge in [0.1, 0.15) is 6.61 Å². The first-order valence-corrected chi connectivity index (χ1v) is 38.3. The van der Waals surface area contributed by atoms with Crippen LogP contribution >= 0.6 is 0 Å². The van der Waals surface area contributed by atoms with Crippen LogP contribution in [0.1, 0.15) is 418 Å². The van der Waals surface area contributed by atoms with E-state index in [2.05, 4.69) is 74.6 Å². The molecule has 0 radical (unpaired) electrons. The van der Waals surface area contributed by atoms with E-state index < -0.39 is 6.10 Å². The number of hydrogen-bond donors (Lipinski definition) is 1. The lowest BCUT2D eigenvalue weighted by molar-refractivity contribution is -0.161. The Morgan fingerprint density at radius 1 is 0.282 bits per heavy atom. The highest BCUT2D eigenvalue weighted by Gasteiger charge is 2.16. The number of aliphatic hydroxyl groups is 1. The summed E-state index contributed by atoms with van der Waals surface area (Å²) >= 11 is 0. The topological polar surface area (TPSA) is 72.8 Å². The second-order valence-corrected chi connectivity index (χ2v) is 26.1. The van der Waals surface area contributed by atoms with Gasteiger partial charge in [0.15, 0.2) is 6.10 Å². The maximum atomic E-state index is 12.4. The largest absolute Gasteiger partial charge is 0.462 e. The van der Waals surface area contributed by atoms with Crippen molar-refractivity contribution < 1.29 is 24.2 Å². The minimum atomic E-state index is -0.771. The average molecular weight is 1190 g/mol. The van der Waals surface area contributed by atoms with Gasteiger partial charge in [-0.1, -0.05) is 408 Å². The monoisotopic (exact) mass is 1190 g/mol. The normalized spacial score (nSPS) is 12.5. The van der Waals surface area contributed by atoms with Gasteiger partial charge >= 0.3 is 11.9 Å². The predicted molar refractivity (Wildman–Crippen MR) is 376 cm³/mol. The molecule has 0 heterocycles. The summed E-state index contributed by atoms with van der Waals surface area (Å²) in [5, 5.41) is 9.72. The number of allylic oxidation sites excluding steroid dienone is 10. The average Bonchev–Trinajstić information content (AvgIpc) is 3.52. The molecule has 0 aliphatic carbocycles. The standard InChI is InChI=1S/C80H148O5/c1-3-5-7-9-11-13-15-17-19-21-23-25-27-29-31-33-35-37-39-40-41-43-45-47-49-51-53-55-57-59-61-63-65-67-69-71-73-75-80(83)85-78(76-81)77-84-79(82)74-72-70-68-66-64-62-60-58-56-54-52-50-48-46-44-42-38-36-34-32-30-28-26-24-22-20-18-16-14-12-10-8-6-4-2/h5,7,11,13,17,19,23,25,29,31,78,81H,3-4,6,8-10,12,14-16,18,20-22,24,26-28,30,32-77H2,1-2H3/b7-5-,13-11-,19-17-,25-23-,31-29-. The maximum absolute atomic E-state index is 12.4. The van der Waals surface area contributed by atoms with E-state index >= 15 is 0 Å². The van der Waals surface area contributed by atoms with Crippen LogP contribution in [0.5, 0.6) is 0 Å². The Bertz CT molecular complexity index is 1440. The Labute approximate surface area is 531 Å². The maximum Gasteiger partial charge on any atom is 0.306 e. The van der Waals surface area contributed by atoms with Gasteiger partial charge in [0.2, 0.25) is 0 Å². The van der Waals surface area contributed by atoms with Gasteiger partial charge in [-0.25, -0.2) is 0 Å². The second-order valence-electron chi connectivity index (χ2n) is 26.1. The first kappa shape index (κ1) is 82.6. The molecule has 0 aliphatic rings. The summed E-state index contributed by atoms with van der Waals surface area (Å²) in [5.74, 6) is -0.565. The highest BCUT2D eigenvalue weighted by Crippen LogP contribution is 2.20. The fraction of sp³-hybridized carbons (Fsp3) is 0.850. The number of ether oxygens (including phenoxy) is 2. The zero-order chi connectivity index (χ0) is 61.2. The molecule has 0 aliphatic heterocycles. The van der Waals surface area contributed by atoms with Crippen molar-refractivity contribution in [2.75, 3.05) is 13.2 Å². The van der Waals surface area contributed by atoms with E-state index in [1.54, 1.807) is 0 Å². The number of esters is 2. The fourth-order valence-corrected chi connectivity index (χ4v) is 11.9. The highest BCUT2D eigenvalue weighted by atomic mass is 16.6. The molecule has 0 saturated heterocycles. The van der Waals surface area contributed by atoms with Crippen LogP contribution in [0.4, 0.5) is 0 Å². The summed E-state index contributed by atoms with van der Waals surface area (Å²) in [6, 6.07) is 0. The molecule has 1 N–H and O–H groups in total. The van der Waals surface area contributed by atoms with E-state index in [4.69, 9.17) is 9.47 Å². The molecule has 5 nitrogen and oxygen atoms in total. The molecular formula is C80H148O5. The molecule has 498 valence electrons. The Morgan fingerprint density at radius 2 is 0.506 bits per heavy atom. The summed E-state index contributed by atoms with van der Waals surface area (Å²) in [4.78, 5) is 24.7. The number of unbranched alkanes of at least 4 members (excludes halogenated alkanes) is 54. The van der Waals surface area contributed by atoms with Gasteiger partial charge in [-0.2, -0.15) is 0 Å². The van der Waals surface area contributed by atoms with Crippen LogP contribution in [0.2, 0.25) is 0 Å². The molecule has 5 heteroatoms. The van der Waals surface area contributed by atoms with Crippen LogP contribution < -0.4 is 0 Å². The summed E-state index contributed by atoms with van der Waals surface area (Å²) in [7, 11) is 0. The number of aliphatic hydroxyl groups excluding tert-OH is 1. The molecule has 1 unspecified atom stereocenters. The summed E-state index contributed by atoms with van der Waals surface area (Å²) in [5.41, 5.74) is 0. The molecule has 0 saturated carbocycles. The van der Waals surface area contributed by atoms with E-state index in [1.807, 2.05) is 0 Å². The van der Waals surface area contributed by atoms with Crippen LogP contribution in [-0.4, -0.2) is 36.4 Å². The van der Waals surface area contributed by atoms with Crippen LogP contribution in [0.3, 0.4) is 0 Å². The van der Waals surface area contributed by atoms with Gasteiger partial charge in [-0.3, -0.25) is 9.59 Å². The van der Waals surface area contributed by atoms with E-state index in [-0.39, 0.29) is 25.2 Å². The van der Waals surface area contributed by atoms with Gasteiger partial charge in [-0.05, 0) is 57.8 Å². The minimum Gasteiger partial charge on any atom is -0.462 e. The molecule has 0 aromatic rings. The van der Waals surface area contributed by atoms with Gasteiger partial charge in [0, 0.05) is 12.8 Å². The van der Waals surface area contributed by atoms with Crippen LogP contribution in [0.25, 0.3) is 0 Å². The Kier molecular flexibility index (Phi) is 73.7. The zero-order valence-corrected chi connectivity index (χ0v) is 57.4. The van der Waals surface area contributed by atoms with E-state index in [9.17, 15) is 14.7 Å². The lowest BCUT2D eigenvalue weighted by atomic mass is 10.0. The SMILES string of the molecule is CC/C=C\C/C=C\C/C=C\C/C=C\C/C=C\CCCCCCCCCCCCCCCCCCCCCCCC(=O)OC(CO)COC(=O)CCCCCCCCCCCCCCCCCCCCCCCCCCCCCCCCCCCC. The van der Waals surface area contributed by atoms with E-state index in [0.717, 1.165) is 64.2 Å². The second kappa shape index (κ2) is 75.8. The number of rotatable bonds is 72. The van der Waals surface area contributed by atoms with Crippen molar-refractivity contribution in [1.29, 1.82) is 0 Å². The molecule has 0 fully saturated rings. The third kappa shape index (κ3) is 74.0. The first-order chi connectivity index (χ1) is 42.1. The third-order valence-corrected chi connectivity index (χ3v) is 17.6. The third-order valence-electron chi connectivity index (χ3n) is 17.6. The fourth-order valence-electron chi connectivity index (χ4n) is 11.9. The molecule has 0 spiro atoms. The molecule has 0 aromatic heterocycles. The molecule has 0 bridgehead atoms. The van der Waals surface area contributed by atoms with Gasteiger partial charge < -0.3 is 14.6 Å². The Balaban J connectivity index is 3.38.